The van der Waals surface area contributed by atoms with Crippen LogP contribution in [0, 0.1) is 5.82 Å². The molecule has 2 N–H and O–H groups in total. The van der Waals surface area contributed by atoms with Crippen molar-refractivity contribution in [3.05, 3.63) is 63.9 Å². The van der Waals surface area contributed by atoms with Gasteiger partial charge in [0.1, 0.15) is 17.7 Å². The summed E-state index contributed by atoms with van der Waals surface area (Å²) in [7, 11) is 0. The fourth-order valence-electron chi connectivity index (χ4n) is 1.87. The maximum Gasteiger partial charge on any atom is 0.140 e. The van der Waals surface area contributed by atoms with Crippen LogP contribution in [0.15, 0.2) is 42.5 Å². The topological polar surface area (TPSA) is 35.2 Å². The van der Waals surface area contributed by atoms with E-state index >= 15 is 0 Å². The second-order valence-corrected chi connectivity index (χ2v) is 5.37. The molecule has 0 saturated heterocycles. The molecule has 0 heterocycles. The number of hydrogen-bond donors (Lipinski definition) is 1. The summed E-state index contributed by atoms with van der Waals surface area (Å²) in [6, 6.07) is 10.7. The van der Waals surface area contributed by atoms with Crippen LogP contribution in [0.25, 0.3) is 0 Å². The molecule has 0 aliphatic rings. The molecule has 0 amide bonds. The first-order valence-electron chi connectivity index (χ1n) is 6.10. The van der Waals surface area contributed by atoms with E-state index in [1.54, 1.807) is 37.3 Å². The lowest BCUT2D eigenvalue weighted by Gasteiger charge is -2.23. The summed E-state index contributed by atoms with van der Waals surface area (Å²) in [5.41, 5.74) is 6.58. The van der Waals surface area contributed by atoms with E-state index in [4.69, 9.17) is 33.7 Å². The largest absolute Gasteiger partial charge is 0.482 e. The predicted octanol–water partition coefficient (Wildman–Crippen LogP) is 4.60. The minimum atomic E-state index is -0.512. The third-order valence-corrected chi connectivity index (χ3v) is 3.35. The molecule has 2 unspecified atom stereocenters. The number of hydrogen-bond acceptors (Lipinski definition) is 2. The van der Waals surface area contributed by atoms with Crippen LogP contribution in [0.3, 0.4) is 0 Å². The molecule has 0 bridgehead atoms. The third-order valence-electron chi connectivity index (χ3n) is 2.80. The van der Waals surface area contributed by atoms with Crippen molar-refractivity contribution in [1.29, 1.82) is 0 Å². The first kappa shape index (κ1) is 15.1. The third kappa shape index (κ3) is 3.63. The lowest BCUT2D eigenvalue weighted by molar-refractivity contribution is 0.180. The summed E-state index contributed by atoms with van der Waals surface area (Å²) >= 11 is 12.0. The number of nitrogens with two attached hydrogens (primary N) is 1. The van der Waals surface area contributed by atoms with Crippen molar-refractivity contribution in [1.82, 2.24) is 0 Å². The standard InChI is InChI=1S/C15H14Cl2FNO/c1-9(19)15(10-3-2-4-12(18)7-10)20-14-8-11(16)5-6-13(14)17/h2-9,15H,19H2,1H3. The highest BCUT2D eigenvalue weighted by molar-refractivity contribution is 6.34. The second kappa shape index (κ2) is 6.44. The molecule has 0 spiro atoms. The van der Waals surface area contributed by atoms with Gasteiger partial charge in [0, 0.05) is 17.1 Å². The predicted molar refractivity (Wildman–Crippen MR) is 79.9 cm³/mol. The Kier molecular flexibility index (Phi) is 4.86. The molecule has 2 rings (SSSR count). The van der Waals surface area contributed by atoms with E-state index in [2.05, 4.69) is 0 Å². The fraction of sp³-hybridized carbons (Fsp3) is 0.200. The van der Waals surface area contributed by atoms with Crippen LogP contribution in [-0.2, 0) is 0 Å². The van der Waals surface area contributed by atoms with Crippen molar-refractivity contribution in [2.24, 2.45) is 5.73 Å². The Bertz CT molecular complexity index is 604. The number of halogens is 3. The van der Waals surface area contributed by atoms with Crippen molar-refractivity contribution in [2.45, 2.75) is 19.1 Å². The van der Waals surface area contributed by atoms with Crippen molar-refractivity contribution in [3.8, 4) is 5.75 Å². The van der Waals surface area contributed by atoms with Crippen LogP contribution in [0.2, 0.25) is 10.0 Å². The van der Waals surface area contributed by atoms with Gasteiger partial charge >= 0.3 is 0 Å². The van der Waals surface area contributed by atoms with Crippen LogP contribution in [0.4, 0.5) is 4.39 Å². The summed E-state index contributed by atoms with van der Waals surface area (Å²) in [5.74, 6) is 0.0830. The Morgan fingerprint density at radius 1 is 1.15 bits per heavy atom. The number of ether oxygens (including phenoxy) is 1. The minimum Gasteiger partial charge on any atom is -0.482 e. The van der Waals surface area contributed by atoms with E-state index in [1.807, 2.05) is 0 Å². The zero-order valence-electron chi connectivity index (χ0n) is 10.8. The lowest BCUT2D eigenvalue weighted by Crippen LogP contribution is -2.29. The van der Waals surface area contributed by atoms with Crippen LogP contribution < -0.4 is 10.5 Å². The van der Waals surface area contributed by atoms with Crippen molar-refractivity contribution >= 4 is 23.2 Å². The monoisotopic (exact) mass is 313 g/mol. The molecule has 2 aromatic carbocycles. The Balaban J connectivity index is 2.33. The summed E-state index contributed by atoms with van der Waals surface area (Å²) < 4.78 is 19.2. The molecule has 20 heavy (non-hydrogen) atoms. The lowest BCUT2D eigenvalue weighted by atomic mass is 10.0. The van der Waals surface area contributed by atoms with Gasteiger partial charge in [-0.05, 0) is 36.8 Å². The summed E-state index contributed by atoms with van der Waals surface area (Å²) in [6.45, 7) is 1.79. The van der Waals surface area contributed by atoms with Gasteiger partial charge in [-0.2, -0.15) is 0 Å². The van der Waals surface area contributed by atoms with E-state index in [9.17, 15) is 4.39 Å². The van der Waals surface area contributed by atoms with Crippen molar-refractivity contribution in [2.75, 3.05) is 0 Å². The molecule has 0 radical (unpaired) electrons. The Hall–Kier alpha value is -1.29. The molecule has 2 nitrogen and oxygen atoms in total. The molecule has 0 aromatic heterocycles. The van der Waals surface area contributed by atoms with Gasteiger partial charge in [0.25, 0.3) is 0 Å². The Morgan fingerprint density at radius 2 is 1.90 bits per heavy atom. The van der Waals surface area contributed by atoms with Gasteiger partial charge in [-0.3, -0.25) is 0 Å². The van der Waals surface area contributed by atoms with Crippen molar-refractivity contribution < 1.29 is 9.13 Å². The molecular formula is C15H14Cl2FNO. The van der Waals surface area contributed by atoms with Gasteiger partial charge in [-0.15, -0.1) is 0 Å². The van der Waals surface area contributed by atoms with Crippen LogP contribution in [0.5, 0.6) is 5.75 Å². The maximum absolute atomic E-state index is 13.3. The van der Waals surface area contributed by atoms with E-state index < -0.39 is 6.10 Å². The van der Waals surface area contributed by atoms with Gasteiger partial charge in [0.15, 0.2) is 0 Å². The highest BCUT2D eigenvalue weighted by Crippen LogP contribution is 2.32. The molecule has 0 fully saturated rings. The summed E-state index contributed by atoms with van der Waals surface area (Å²) in [5, 5.41) is 0.934. The maximum atomic E-state index is 13.3. The zero-order valence-corrected chi connectivity index (χ0v) is 12.3. The highest BCUT2D eigenvalue weighted by atomic mass is 35.5. The van der Waals surface area contributed by atoms with Crippen molar-refractivity contribution in [3.63, 3.8) is 0 Å². The average Bonchev–Trinajstić information content (AvgIpc) is 2.39. The first-order chi connectivity index (χ1) is 9.47. The highest BCUT2D eigenvalue weighted by Gasteiger charge is 2.20. The fourth-order valence-corrected chi connectivity index (χ4v) is 2.19. The van der Waals surface area contributed by atoms with Gasteiger partial charge in [0.05, 0.1) is 5.02 Å². The summed E-state index contributed by atoms with van der Waals surface area (Å²) in [6.07, 6.45) is -0.512. The van der Waals surface area contributed by atoms with E-state index in [1.165, 1.54) is 12.1 Å². The zero-order chi connectivity index (χ0) is 14.7. The molecular weight excluding hydrogens is 300 g/mol. The molecule has 0 aliphatic carbocycles. The second-order valence-electron chi connectivity index (χ2n) is 4.53. The van der Waals surface area contributed by atoms with E-state index in [0.717, 1.165) is 0 Å². The number of benzene rings is 2. The Morgan fingerprint density at radius 3 is 2.55 bits per heavy atom. The Labute approximate surface area is 127 Å². The molecule has 5 heteroatoms. The molecule has 0 aliphatic heterocycles. The van der Waals surface area contributed by atoms with Gasteiger partial charge in [0.2, 0.25) is 0 Å². The summed E-state index contributed by atoms with van der Waals surface area (Å²) in [4.78, 5) is 0. The minimum absolute atomic E-state index is 0.339. The quantitative estimate of drug-likeness (QED) is 0.895. The molecule has 2 aromatic rings. The first-order valence-corrected chi connectivity index (χ1v) is 6.85. The van der Waals surface area contributed by atoms with Gasteiger partial charge in [-0.25, -0.2) is 4.39 Å². The molecule has 2 atom stereocenters. The van der Waals surface area contributed by atoms with E-state index in [-0.39, 0.29) is 11.9 Å². The normalized spacial score (nSPS) is 13.8. The smallest absolute Gasteiger partial charge is 0.140 e. The molecule has 0 saturated carbocycles. The molecule has 106 valence electrons. The SMILES string of the molecule is CC(N)C(Oc1cc(Cl)ccc1Cl)c1cccc(F)c1. The van der Waals surface area contributed by atoms with Gasteiger partial charge < -0.3 is 10.5 Å². The van der Waals surface area contributed by atoms with E-state index in [0.29, 0.717) is 21.4 Å². The average molecular weight is 314 g/mol. The van der Waals surface area contributed by atoms with Crippen LogP contribution in [-0.4, -0.2) is 6.04 Å². The van der Waals surface area contributed by atoms with Crippen LogP contribution >= 0.6 is 23.2 Å². The van der Waals surface area contributed by atoms with Gasteiger partial charge in [-0.1, -0.05) is 35.3 Å². The number of rotatable bonds is 4. The van der Waals surface area contributed by atoms with Crippen LogP contribution in [0.1, 0.15) is 18.6 Å².